The molecule has 9 heteroatoms. The highest BCUT2D eigenvalue weighted by atomic mass is 32.1. The monoisotopic (exact) mass is 288 g/mol. The summed E-state index contributed by atoms with van der Waals surface area (Å²) in [4.78, 5) is 16.7. The highest BCUT2D eigenvalue weighted by Crippen LogP contribution is 2.11. The van der Waals surface area contributed by atoms with Crippen LogP contribution >= 0.6 is 11.3 Å². The number of rotatable bonds is 5. The van der Waals surface area contributed by atoms with Crippen molar-refractivity contribution in [1.29, 1.82) is 0 Å². The molecule has 0 spiro atoms. The summed E-state index contributed by atoms with van der Waals surface area (Å²) in [6.45, 7) is 0.660. The van der Waals surface area contributed by atoms with E-state index >= 15 is 0 Å². The van der Waals surface area contributed by atoms with E-state index in [1.165, 1.54) is 22.9 Å². The maximum Gasteiger partial charge on any atom is 0.258 e. The Morgan fingerprint density at radius 1 is 1.25 bits per heavy atom. The molecule has 8 nitrogen and oxygen atoms in total. The smallest absolute Gasteiger partial charge is 0.258 e. The number of aromatic nitrogens is 6. The minimum absolute atomic E-state index is 0.412. The average Bonchev–Trinajstić information content (AvgIpc) is 3.17. The molecule has 0 amide bonds. The number of nitrogens with one attached hydrogen (secondary N) is 2. The molecule has 2 N–H and O–H groups in total. The third-order valence-corrected chi connectivity index (χ3v) is 3.23. The summed E-state index contributed by atoms with van der Waals surface area (Å²) in [5, 5.41) is 14.2. The van der Waals surface area contributed by atoms with E-state index in [-0.39, 0.29) is 0 Å². The van der Waals surface area contributed by atoms with Gasteiger partial charge in [-0.15, -0.1) is 0 Å². The second-order valence-electron chi connectivity index (χ2n) is 3.86. The van der Waals surface area contributed by atoms with Crippen LogP contribution in [0.1, 0.15) is 5.56 Å². The Morgan fingerprint density at radius 2 is 2.15 bits per heavy atom. The molecule has 0 atom stereocenters. The first-order chi connectivity index (χ1) is 9.85. The van der Waals surface area contributed by atoms with Crippen LogP contribution in [0.15, 0.2) is 29.5 Å². The van der Waals surface area contributed by atoms with Gasteiger partial charge in [0.2, 0.25) is 11.9 Å². The molecule has 20 heavy (non-hydrogen) atoms. The Hall–Kier alpha value is -2.55. The van der Waals surface area contributed by atoms with Crippen molar-refractivity contribution < 1.29 is 0 Å². The third-order valence-electron chi connectivity index (χ3n) is 2.50. The number of hydrogen-bond acceptors (Lipinski definition) is 8. The van der Waals surface area contributed by atoms with Crippen LogP contribution in [0.2, 0.25) is 0 Å². The Balaban J connectivity index is 1.84. The van der Waals surface area contributed by atoms with Crippen LogP contribution in [-0.2, 0) is 6.54 Å². The minimum Gasteiger partial charge on any atom is -0.357 e. The topological polar surface area (TPSA) is 93.4 Å². The maximum atomic E-state index is 4.31. The zero-order chi connectivity index (χ0) is 13.8. The standard InChI is InChI=1S/C11H12N8S/c1-12-9-16-10(14-4-8-2-3-20-5-8)18-11(17-9)19-7-13-6-15-19/h2-3,5-7H,4H2,1H3,(H2,12,14,16,17,18). The van der Waals surface area contributed by atoms with Gasteiger partial charge in [0.25, 0.3) is 5.95 Å². The van der Waals surface area contributed by atoms with E-state index in [2.05, 4.69) is 47.1 Å². The highest BCUT2D eigenvalue weighted by molar-refractivity contribution is 7.07. The van der Waals surface area contributed by atoms with Crippen LogP contribution in [0.25, 0.3) is 5.95 Å². The fraction of sp³-hybridized carbons (Fsp3) is 0.182. The number of thiophene rings is 1. The van der Waals surface area contributed by atoms with Crippen molar-refractivity contribution in [3.05, 3.63) is 35.0 Å². The van der Waals surface area contributed by atoms with Crippen LogP contribution in [0.4, 0.5) is 11.9 Å². The maximum absolute atomic E-state index is 4.31. The zero-order valence-corrected chi connectivity index (χ0v) is 11.5. The van der Waals surface area contributed by atoms with Gasteiger partial charge in [0, 0.05) is 13.6 Å². The molecular weight excluding hydrogens is 276 g/mol. The van der Waals surface area contributed by atoms with Gasteiger partial charge in [0.1, 0.15) is 12.7 Å². The Bertz CT molecular complexity index is 664. The third kappa shape index (κ3) is 2.72. The van der Waals surface area contributed by atoms with Crippen molar-refractivity contribution >= 4 is 23.2 Å². The molecule has 0 aromatic carbocycles. The molecule has 0 saturated heterocycles. The molecule has 0 bridgehead atoms. The average molecular weight is 288 g/mol. The van der Waals surface area contributed by atoms with Gasteiger partial charge < -0.3 is 10.6 Å². The molecule has 3 aromatic rings. The number of hydrogen-bond donors (Lipinski definition) is 2. The van der Waals surface area contributed by atoms with Crippen molar-refractivity contribution in [2.75, 3.05) is 17.7 Å². The van der Waals surface area contributed by atoms with E-state index in [0.717, 1.165) is 0 Å². The lowest BCUT2D eigenvalue weighted by atomic mass is 10.3. The fourth-order valence-electron chi connectivity index (χ4n) is 1.54. The van der Waals surface area contributed by atoms with Crippen LogP contribution in [0.5, 0.6) is 0 Å². The second kappa shape index (κ2) is 5.61. The molecule has 3 heterocycles. The van der Waals surface area contributed by atoms with Gasteiger partial charge in [-0.1, -0.05) is 0 Å². The quantitative estimate of drug-likeness (QED) is 0.727. The summed E-state index contributed by atoms with van der Waals surface area (Å²) in [7, 11) is 1.75. The molecule has 0 aliphatic carbocycles. The normalized spacial score (nSPS) is 10.4. The zero-order valence-electron chi connectivity index (χ0n) is 10.7. The molecule has 0 aliphatic rings. The van der Waals surface area contributed by atoms with Crippen LogP contribution < -0.4 is 10.6 Å². The molecule has 0 aliphatic heterocycles. The summed E-state index contributed by atoms with van der Waals surface area (Å²) < 4.78 is 1.48. The minimum atomic E-state index is 0.412. The molecule has 0 radical (unpaired) electrons. The molecule has 3 aromatic heterocycles. The summed E-state index contributed by atoms with van der Waals surface area (Å²) in [6.07, 6.45) is 2.97. The number of anilines is 2. The lowest BCUT2D eigenvalue weighted by Crippen LogP contribution is -2.11. The molecule has 3 rings (SSSR count). The van der Waals surface area contributed by atoms with Crippen LogP contribution in [0, 0.1) is 0 Å². The summed E-state index contributed by atoms with van der Waals surface area (Å²) in [5.41, 5.74) is 1.18. The number of nitrogens with zero attached hydrogens (tertiary/aromatic N) is 6. The van der Waals surface area contributed by atoms with Crippen molar-refractivity contribution in [2.45, 2.75) is 6.54 Å². The summed E-state index contributed by atoms with van der Waals surface area (Å²) in [6, 6.07) is 2.05. The van der Waals surface area contributed by atoms with E-state index in [4.69, 9.17) is 0 Å². The lowest BCUT2D eigenvalue weighted by molar-refractivity contribution is 0.795. The van der Waals surface area contributed by atoms with E-state index in [1.54, 1.807) is 18.4 Å². The molecule has 0 saturated carbocycles. The molecule has 0 fully saturated rings. The first-order valence-corrected chi connectivity index (χ1v) is 6.83. The van der Waals surface area contributed by atoms with E-state index < -0.39 is 0 Å². The largest absolute Gasteiger partial charge is 0.357 e. The SMILES string of the molecule is CNc1nc(NCc2ccsc2)nc(-n2cncn2)n1. The summed E-state index contributed by atoms with van der Waals surface area (Å²) in [5.74, 6) is 1.37. The lowest BCUT2D eigenvalue weighted by Gasteiger charge is -2.07. The van der Waals surface area contributed by atoms with Crippen LogP contribution in [0.3, 0.4) is 0 Å². The van der Waals surface area contributed by atoms with E-state index in [0.29, 0.717) is 24.4 Å². The van der Waals surface area contributed by atoms with E-state index in [1.807, 2.05) is 5.38 Å². The van der Waals surface area contributed by atoms with Gasteiger partial charge in [0.15, 0.2) is 0 Å². The van der Waals surface area contributed by atoms with Gasteiger partial charge in [-0.25, -0.2) is 4.98 Å². The molecule has 102 valence electrons. The van der Waals surface area contributed by atoms with E-state index in [9.17, 15) is 0 Å². The highest BCUT2D eigenvalue weighted by Gasteiger charge is 2.07. The van der Waals surface area contributed by atoms with Crippen molar-refractivity contribution in [1.82, 2.24) is 29.7 Å². The van der Waals surface area contributed by atoms with Gasteiger partial charge in [0.05, 0.1) is 0 Å². The van der Waals surface area contributed by atoms with Crippen molar-refractivity contribution in [3.63, 3.8) is 0 Å². The van der Waals surface area contributed by atoms with Gasteiger partial charge in [-0.2, -0.15) is 36.1 Å². The second-order valence-corrected chi connectivity index (χ2v) is 4.64. The molecule has 0 unspecified atom stereocenters. The summed E-state index contributed by atoms with van der Waals surface area (Å²) >= 11 is 1.66. The molecular formula is C11H12N8S. The Labute approximate surface area is 119 Å². The van der Waals surface area contributed by atoms with Gasteiger partial charge in [-0.05, 0) is 22.4 Å². The Kier molecular flexibility index (Phi) is 3.50. The van der Waals surface area contributed by atoms with Crippen molar-refractivity contribution in [2.24, 2.45) is 0 Å². The Morgan fingerprint density at radius 3 is 2.85 bits per heavy atom. The fourth-order valence-corrected chi connectivity index (χ4v) is 2.21. The predicted octanol–water partition coefficient (Wildman–Crippen LogP) is 1.17. The van der Waals surface area contributed by atoms with Gasteiger partial charge >= 0.3 is 0 Å². The van der Waals surface area contributed by atoms with Gasteiger partial charge in [-0.3, -0.25) is 0 Å². The van der Waals surface area contributed by atoms with Crippen LogP contribution in [-0.4, -0.2) is 36.8 Å². The first-order valence-electron chi connectivity index (χ1n) is 5.89. The van der Waals surface area contributed by atoms with Crippen molar-refractivity contribution in [3.8, 4) is 5.95 Å². The first kappa shape index (κ1) is 12.5. The predicted molar refractivity (Wildman–Crippen MR) is 75.9 cm³/mol.